The summed E-state index contributed by atoms with van der Waals surface area (Å²) < 4.78 is 1.24. The molecule has 106 valence electrons. The lowest BCUT2D eigenvalue weighted by molar-refractivity contribution is 0.363. The molecule has 0 radical (unpaired) electrons. The fourth-order valence-corrected chi connectivity index (χ4v) is 2.36. The zero-order valence-electron chi connectivity index (χ0n) is 11.6. The predicted molar refractivity (Wildman–Crippen MR) is 78.0 cm³/mol. The van der Waals surface area contributed by atoms with Gasteiger partial charge in [-0.3, -0.25) is 14.3 Å². The Morgan fingerprint density at radius 2 is 1.90 bits per heavy atom. The van der Waals surface area contributed by atoms with Crippen LogP contribution in [0.2, 0.25) is 0 Å². The van der Waals surface area contributed by atoms with E-state index in [0.717, 1.165) is 12.8 Å². The normalized spacial score (nSPS) is 12.3. The summed E-state index contributed by atoms with van der Waals surface area (Å²) in [7, 11) is 0. The fourth-order valence-electron chi connectivity index (χ4n) is 2.36. The lowest BCUT2D eigenvalue weighted by Gasteiger charge is -2.17. The summed E-state index contributed by atoms with van der Waals surface area (Å²) in [4.78, 5) is 26.2. The van der Waals surface area contributed by atoms with Gasteiger partial charge in [0, 0.05) is 6.04 Å². The van der Waals surface area contributed by atoms with Gasteiger partial charge in [0.05, 0.1) is 0 Å². The second-order valence-electron chi connectivity index (χ2n) is 4.83. The van der Waals surface area contributed by atoms with Crippen molar-refractivity contribution in [3.63, 3.8) is 0 Å². The molecule has 0 saturated carbocycles. The minimum Gasteiger partial charge on any atom is -0.494 e. The first-order valence-electron chi connectivity index (χ1n) is 6.69. The molecule has 1 atom stereocenters. The van der Waals surface area contributed by atoms with Crippen molar-refractivity contribution < 1.29 is 5.11 Å². The summed E-state index contributed by atoms with van der Waals surface area (Å²) in [5.74, 6) is -0.272. The van der Waals surface area contributed by atoms with Gasteiger partial charge in [0.1, 0.15) is 5.56 Å². The fraction of sp³-hybridized carbons (Fsp3) is 0.333. The van der Waals surface area contributed by atoms with Gasteiger partial charge in [0.2, 0.25) is 5.88 Å². The highest BCUT2D eigenvalue weighted by atomic mass is 16.3. The van der Waals surface area contributed by atoms with Crippen molar-refractivity contribution in [1.82, 2.24) is 9.55 Å². The van der Waals surface area contributed by atoms with Crippen molar-refractivity contribution in [2.45, 2.75) is 32.7 Å². The molecule has 1 unspecified atom stereocenters. The maximum atomic E-state index is 12.0. The molecule has 0 amide bonds. The SMILES string of the molecule is CCCC(C)n1c(O)c(-c2ccccc2)c(=O)[nH]c1=O. The van der Waals surface area contributed by atoms with Gasteiger partial charge in [-0.15, -0.1) is 0 Å². The van der Waals surface area contributed by atoms with Crippen LogP contribution >= 0.6 is 0 Å². The molecule has 0 aliphatic heterocycles. The van der Waals surface area contributed by atoms with E-state index in [2.05, 4.69) is 4.98 Å². The summed E-state index contributed by atoms with van der Waals surface area (Å²) >= 11 is 0. The van der Waals surface area contributed by atoms with Gasteiger partial charge in [-0.2, -0.15) is 0 Å². The number of benzene rings is 1. The first kappa shape index (κ1) is 14.1. The Balaban J connectivity index is 2.68. The Bertz CT molecular complexity index is 701. The number of rotatable bonds is 4. The van der Waals surface area contributed by atoms with Crippen LogP contribution in [-0.2, 0) is 0 Å². The van der Waals surface area contributed by atoms with Crippen molar-refractivity contribution in [3.8, 4) is 17.0 Å². The number of H-pyrrole nitrogens is 1. The summed E-state index contributed by atoms with van der Waals surface area (Å²) in [6, 6.07) is 8.66. The molecule has 2 aromatic rings. The van der Waals surface area contributed by atoms with Gasteiger partial charge >= 0.3 is 5.69 Å². The molecule has 20 heavy (non-hydrogen) atoms. The molecule has 0 aliphatic carbocycles. The molecule has 5 heteroatoms. The molecule has 0 bridgehead atoms. The van der Waals surface area contributed by atoms with Crippen LogP contribution in [0.25, 0.3) is 11.1 Å². The van der Waals surface area contributed by atoms with Gasteiger partial charge in [-0.25, -0.2) is 4.79 Å². The Hall–Kier alpha value is -2.30. The number of aromatic amines is 1. The van der Waals surface area contributed by atoms with E-state index in [-0.39, 0.29) is 17.5 Å². The lowest BCUT2D eigenvalue weighted by atomic mass is 10.1. The summed E-state index contributed by atoms with van der Waals surface area (Å²) in [6.45, 7) is 3.85. The Labute approximate surface area is 116 Å². The van der Waals surface area contributed by atoms with E-state index in [9.17, 15) is 14.7 Å². The number of aromatic nitrogens is 2. The van der Waals surface area contributed by atoms with Gasteiger partial charge in [0.15, 0.2) is 0 Å². The topological polar surface area (TPSA) is 75.1 Å². The number of nitrogens with zero attached hydrogens (tertiary/aromatic N) is 1. The standard InChI is InChI=1S/C15H18N2O3/c1-3-7-10(2)17-14(19)12(13(18)16-15(17)20)11-8-5-4-6-9-11/h4-6,8-10,19H,3,7H2,1-2H3,(H,16,18,20). The smallest absolute Gasteiger partial charge is 0.331 e. The molecule has 2 rings (SSSR count). The van der Waals surface area contributed by atoms with Crippen LogP contribution in [0, 0.1) is 0 Å². The van der Waals surface area contributed by atoms with Gasteiger partial charge < -0.3 is 5.11 Å². The third-order valence-corrected chi connectivity index (χ3v) is 3.33. The third-order valence-electron chi connectivity index (χ3n) is 3.33. The molecule has 0 saturated heterocycles. The van der Waals surface area contributed by atoms with Crippen LogP contribution in [0.3, 0.4) is 0 Å². The first-order valence-corrected chi connectivity index (χ1v) is 6.69. The van der Waals surface area contributed by atoms with Crippen LogP contribution in [0.5, 0.6) is 5.88 Å². The van der Waals surface area contributed by atoms with Crippen molar-refractivity contribution in [1.29, 1.82) is 0 Å². The highest BCUT2D eigenvalue weighted by Crippen LogP contribution is 2.26. The van der Waals surface area contributed by atoms with Crippen LogP contribution in [-0.4, -0.2) is 14.7 Å². The maximum absolute atomic E-state index is 12.0. The molecule has 1 heterocycles. The third kappa shape index (κ3) is 2.52. The molecule has 2 N–H and O–H groups in total. The number of nitrogens with one attached hydrogen (secondary N) is 1. The zero-order chi connectivity index (χ0) is 14.7. The minimum atomic E-state index is -0.576. The molecule has 0 aliphatic rings. The van der Waals surface area contributed by atoms with Crippen molar-refractivity contribution >= 4 is 0 Å². The summed E-state index contributed by atoms with van der Waals surface area (Å²) in [5, 5.41) is 10.3. The Morgan fingerprint density at radius 1 is 1.25 bits per heavy atom. The van der Waals surface area contributed by atoms with E-state index in [1.54, 1.807) is 24.3 Å². The summed E-state index contributed by atoms with van der Waals surface area (Å²) in [6.07, 6.45) is 1.63. The monoisotopic (exact) mass is 274 g/mol. The van der Waals surface area contributed by atoms with Crippen molar-refractivity contribution in [2.75, 3.05) is 0 Å². The first-order chi connectivity index (χ1) is 9.56. The minimum absolute atomic E-state index is 0.133. The van der Waals surface area contributed by atoms with E-state index >= 15 is 0 Å². The van der Waals surface area contributed by atoms with E-state index in [1.807, 2.05) is 19.9 Å². The zero-order valence-corrected chi connectivity index (χ0v) is 11.6. The van der Waals surface area contributed by atoms with Crippen LogP contribution in [0.4, 0.5) is 0 Å². The molecular formula is C15H18N2O3. The quantitative estimate of drug-likeness (QED) is 0.898. The Kier molecular flexibility index (Phi) is 4.08. The lowest BCUT2D eigenvalue weighted by Crippen LogP contribution is -2.32. The van der Waals surface area contributed by atoms with E-state index in [1.165, 1.54) is 4.57 Å². The second-order valence-corrected chi connectivity index (χ2v) is 4.83. The molecule has 1 aromatic carbocycles. The van der Waals surface area contributed by atoms with Crippen molar-refractivity contribution in [2.24, 2.45) is 0 Å². The maximum Gasteiger partial charge on any atom is 0.331 e. The average molecular weight is 274 g/mol. The van der Waals surface area contributed by atoms with E-state index in [4.69, 9.17) is 0 Å². The average Bonchev–Trinajstić information content (AvgIpc) is 2.39. The second kappa shape index (κ2) is 5.77. The number of hydrogen-bond acceptors (Lipinski definition) is 3. The summed E-state index contributed by atoms with van der Waals surface area (Å²) in [5.41, 5.74) is -0.427. The number of aromatic hydroxyl groups is 1. The van der Waals surface area contributed by atoms with Gasteiger partial charge in [-0.1, -0.05) is 43.7 Å². The van der Waals surface area contributed by atoms with E-state index in [0.29, 0.717) is 5.56 Å². The molecule has 5 nitrogen and oxygen atoms in total. The molecule has 1 aromatic heterocycles. The van der Waals surface area contributed by atoms with Crippen LogP contribution in [0.15, 0.2) is 39.9 Å². The molecular weight excluding hydrogens is 256 g/mol. The van der Waals surface area contributed by atoms with Gasteiger partial charge in [-0.05, 0) is 18.9 Å². The van der Waals surface area contributed by atoms with E-state index < -0.39 is 11.2 Å². The molecule has 0 spiro atoms. The highest BCUT2D eigenvalue weighted by Gasteiger charge is 2.18. The predicted octanol–water partition coefficient (Wildman–Crippen LogP) is 2.27. The van der Waals surface area contributed by atoms with Crippen LogP contribution in [0.1, 0.15) is 32.7 Å². The molecule has 0 fully saturated rings. The largest absolute Gasteiger partial charge is 0.494 e. The number of hydrogen-bond donors (Lipinski definition) is 2. The highest BCUT2D eigenvalue weighted by molar-refractivity contribution is 5.67. The van der Waals surface area contributed by atoms with Gasteiger partial charge in [0.25, 0.3) is 5.56 Å². The Morgan fingerprint density at radius 3 is 2.50 bits per heavy atom. The van der Waals surface area contributed by atoms with Crippen LogP contribution < -0.4 is 11.2 Å². The van der Waals surface area contributed by atoms with Crippen molar-refractivity contribution in [3.05, 3.63) is 51.2 Å².